The van der Waals surface area contributed by atoms with Crippen LogP contribution in [-0.2, 0) is 20.9 Å². The van der Waals surface area contributed by atoms with Gasteiger partial charge in [0.25, 0.3) is 0 Å². The van der Waals surface area contributed by atoms with Crippen LogP contribution in [-0.4, -0.2) is 53.5 Å². The molecule has 2 saturated carbocycles. The van der Waals surface area contributed by atoms with Crippen molar-refractivity contribution in [2.45, 2.75) is 40.2 Å². The van der Waals surface area contributed by atoms with Gasteiger partial charge in [0, 0.05) is 38.1 Å². The minimum absolute atomic E-state index is 0.119. The fourth-order valence-electron chi connectivity index (χ4n) is 5.46. The summed E-state index contributed by atoms with van der Waals surface area (Å²) in [5.74, 6) is -0.904. The van der Waals surface area contributed by atoms with E-state index >= 15 is 0 Å². The maximum absolute atomic E-state index is 13.5. The number of rotatable bonds is 3. The average molecular weight is 368 g/mol. The molecule has 2 bridgehead atoms. The summed E-state index contributed by atoms with van der Waals surface area (Å²) in [5, 5.41) is 0. The van der Waals surface area contributed by atoms with Crippen LogP contribution in [0.15, 0.2) is 30.3 Å². The van der Waals surface area contributed by atoms with Crippen molar-refractivity contribution in [3.8, 4) is 0 Å². The Morgan fingerprint density at radius 2 is 1.56 bits per heavy atom. The fraction of sp³-hybridized carbons (Fsp3) is 0.591. The Balaban J connectivity index is 1.48. The van der Waals surface area contributed by atoms with E-state index in [9.17, 15) is 14.4 Å². The van der Waals surface area contributed by atoms with Crippen LogP contribution >= 0.6 is 0 Å². The SMILES string of the molecule is CC1(C)[C@]2(C(=O)N3CCN(Cc4ccccc4)CC3)CC[C@@]1(C)C(=O)C2=O. The van der Waals surface area contributed by atoms with Crippen LogP contribution < -0.4 is 0 Å². The van der Waals surface area contributed by atoms with Gasteiger partial charge in [-0.25, -0.2) is 0 Å². The molecule has 0 unspecified atom stereocenters. The Morgan fingerprint density at radius 3 is 2.11 bits per heavy atom. The molecule has 27 heavy (non-hydrogen) atoms. The number of hydrogen-bond acceptors (Lipinski definition) is 4. The first-order valence-corrected chi connectivity index (χ1v) is 9.89. The standard InChI is InChI=1S/C22H28N2O3/c1-20(2)21(3)9-10-22(20,18(26)17(21)25)19(27)24-13-11-23(12-14-24)15-16-7-5-4-6-8-16/h4-8H,9-15H2,1-3H3/t21-,22+/m0/s1. The van der Waals surface area contributed by atoms with E-state index in [0.717, 1.165) is 19.6 Å². The average Bonchev–Trinajstić information content (AvgIpc) is 2.94. The summed E-state index contributed by atoms with van der Waals surface area (Å²) >= 11 is 0. The third-order valence-corrected chi connectivity index (χ3v) is 7.81. The first kappa shape index (κ1) is 18.4. The molecule has 2 aliphatic carbocycles. The number of fused-ring (bicyclic) bond motifs is 2. The summed E-state index contributed by atoms with van der Waals surface area (Å²) in [4.78, 5) is 43.2. The highest BCUT2D eigenvalue weighted by atomic mass is 16.2. The Hall–Kier alpha value is -2.01. The van der Waals surface area contributed by atoms with Gasteiger partial charge in [0.15, 0.2) is 0 Å². The fourth-order valence-corrected chi connectivity index (χ4v) is 5.46. The summed E-state index contributed by atoms with van der Waals surface area (Å²) in [6.07, 6.45) is 1.13. The van der Waals surface area contributed by atoms with Gasteiger partial charge in [-0.15, -0.1) is 0 Å². The van der Waals surface area contributed by atoms with Crippen molar-refractivity contribution in [1.82, 2.24) is 9.80 Å². The molecule has 4 rings (SSSR count). The van der Waals surface area contributed by atoms with Crippen LogP contribution in [0.1, 0.15) is 39.2 Å². The van der Waals surface area contributed by atoms with Crippen molar-refractivity contribution in [3.63, 3.8) is 0 Å². The van der Waals surface area contributed by atoms with E-state index in [1.165, 1.54) is 5.56 Å². The first-order chi connectivity index (χ1) is 12.7. The third kappa shape index (κ3) is 2.30. The molecule has 144 valence electrons. The maximum atomic E-state index is 13.5. The highest BCUT2D eigenvalue weighted by Crippen LogP contribution is 2.69. The van der Waals surface area contributed by atoms with E-state index in [1.807, 2.05) is 43.9 Å². The number of carbonyl (C=O) groups is 3. The zero-order valence-corrected chi connectivity index (χ0v) is 16.5. The van der Waals surface area contributed by atoms with Gasteiger partial charge in [-0.3, -0.25) is 19.3 Å². The molecular weight excluding hydrogens is 340 g/mol. The maximum Gasteiger partial charge on any atom is 0.237 e. The molecule has 0 radical (unpaired) electrons. The summed E-state index contributed by atoms with van der Waals surface area (Å²) in [6.45, 7) is 9.41. The van der Waals surface area contributed by atoms with Gasteiger partial charge in [-0.2, -0.15) is 0 Å². The second kappa shape index (κ2) is 5.99. The Bertz CT molecular complexity index is 795. The lowest BCUT2D eigenvalue weighted by Gasteiger charge is -2.42. The van der Waals surface area contributed by atoms with Crippen molar-refractivity contribution in [2.24, 2.45) is 16.2 Å². The monoisotopic (exact) mass is 368 g/mol. The van der Waals surface area contributed by atoms with Crippen molar-refractivity contribution in [2.75, 3.05) is 26.2 Å². The van der Waals surface area contributed by atoms with E-state index in [1.54, 1.807) is 0 Å². The van der Waals surface area contributed by atoms with Crippen LogP contribution in [0.25, 0.3) is 0 Å². The summed E-state index contributed by atoms with van der Waals surface area (Å²) in [7, 11) is 0. The van der Waals surface area contributed by atoms with E-state index in [0.29, 0.717) is 25.9 Å². The number of Topliss-reactive ketones (excluding diaryl/α,β-unsaturated/α-hetero) is 2. The minimum Gasteiger partial charge on any atom is -0.339 e. The van der Waals surface area contributed by atoms with Crippen molar-refractivity contribution in [3.05, 3.63) is 35.9 Å². The van der Waals surface area contributed by atoms with Gasteiger partial charge in [0.05, 0.1) is 0 Å². The molecule has 5 heteroatoms. The molecule has 3 aliphatic rings. The summed E-state index contributed by atoms with van der Waals surface area (Å²) in [5.41, 5.74) is -1.21. The Morgan fingerprint density at radius 1 is 0.926 bits per heavy atom. The topological polar surface area (TPSA) is 57.7 Å². The number of ketones is 2. The van der Waals surface area contributed by atoms with Gasteiger partial charge in [0.1, 0.15) is 5.41 Å². The molecule has 1 heterocycles. The van der Waals surface area contributed by atoms with E-state index in [4.69, 9.17) is 0 Å². The number of hydrogen-bond donors (Lipinski definition) is 0. The van der Waals surface area contributed by atoms with Gasteiger partial charge in [-0.05, 0) is 23.8 Å². The van der Waals surface area contributed by atoms with Crippen molar-refractivity contribution >= 4 is 17.5 Å². The second-order valence-corrected chi connectivity index (χ2v) is 9.07. The van der Waals surface area contributed by atoms with E-state index in [-0.39, 0.29) is 11.7 Å². The summed E-state index contributed by atoms with van der Waals surface area (Å²) in [6, 6.07) is 10.3. The highest BCUT2D eigenvalue weighted by molar-refractivity contribution is 6.48. The molecule has 2 atom stereocenters. The molecule has 0 spiro atoms. The lowest BCUT2D eigenvalue weighted by atomic mass is 9.64. The van der Waals surface area contributed by atoms with Gasteiger partial charge >= 0.3 is 0 Å². The second-order valence-electron chi connectivity index (χ2n) is 9.07. The molecule has 1 aromatic rings. The molecule has 3 fully saturated rings. The zero-order valence-electron chi connectivity index (χ0n) is 16.5. The van der Waals surface area contributed by atoms with Crippen LogP contribution in [0.4, 0.5) is 0 Å². The molecule has 1 amide bonds. The number of amides is 1. The quantitative estimate of drug-likeness (QED) is 0.607. The highest BCUT2D eigenvalue weighted by Gasteiger charge is 2.78. The van der Waals surface area contributed by atoms with Crippen LogP contribution in [0.3, 0.4) is 0 Å². The molecule has 0 aromatic heterocycles. The first-order valence-electron chi connectivity index (χ1n) is 9.89. The molecular formula is C22H28N2O3. The van der Waals surface area contributed by atoms with Gasteiger partial charge in [-0.1, -0.05) is 51.1 Å². The van der Waals surface area contributed by atoms with E-state index in [2.05, 4.69) is 17.0 Å². The van der Waals surface area contributed by atoms with Crippen LogP contribution in [0.5, 0.6) is 0 Å². The van der Waals surface area contributed by atoms with Crippen molar-refractivity contribution < 1.29 is 14.4 Å². The molecule has 5 nitrogen and oxygen atoms in total. The zero-order chi connectivity index (χ0) is 19.4. The smallest absolute Gasteiger partial charge is 0.237 e. The third-order valence-electron chi connectivity index (χ3n) is 7.81. The molecule has 0 N–H and O–H groups in total. The molecule has 1 saturated heterocycles. The number of carbonyl (C=O) groups excluding carboxylic acids is 3. The number of benzene rings is 1. The van der Waals surface area contributed by atoms with Crippen molar-refractivity contribution in [1.29, 1.82) is 0 Å². The molecule has 1 aromatic carbocycles. The largest absolute Gasteiger partial charge is 0.339 e. The lowest BCUT2D eigenvalue weighted by Crippen LogP contribution is -2.57. The lowest BCUT2D eigenvalue weighted by molar-refractivity contribution is -0.156. The number of piperazine rings is 1. The van der Waals surface area contributed by atoms with Gasteiger partial charge < -0.3 is 4.90 Å². The van der Waals surface area contributed by atoms with Crippen LogP contribution in [0.2, 0.25) is 0 Å². The van der Waals surface area contributed by atoms with Crippen LogP contribution in [0, 0.1) is 16.2 Å². The minimum atomic E-state index is -1.15. The predicted octanol–water partition coefficient (Wildman–Crippen LogP) is 2.30. The molecule has 1 aliphatic heterocycles. The van der Waals surface area contributed by atoms with E-state index < -0.39 is 22.0 Å². The van der Waals surface area contributed by atoms with Gasteiger partial charge in [0.2, 0.25) is 17.5 Å². The Kier molecular flexibility index (Phi) is 4.08. The number of nitrogens with zero attached hydrogens (tertiary/aromatic N) is 2. The summed E-state index contributed by atoms with van der Waals surface area (Å²) < 4.78 is 0. The Labute approximate surface area is 160 Å². The predicted molar refractivity (Wildman–Crippen MR) is 102 cm³/mol. The normalized spacial score (nSPS) is 32.9.